The molecular weight excluding hydrogens is 757 g/mol. The highest BCUT2D eigenvalue weighted by molar-refractivity contribution is 5.87. The number of alkyl carbamates (subject to hydrolysis) is 2. The van der Waals surface area contributed by atoms with E-state index in [4.69, 9.17) is 28.9 Å². The molecule has 0 aliphatic carbocycles. The van der Waals surface area contributed by atoms with Crippen molar-refractivity contribution in [1.29, 1.82) is 0 Å². The maximum Gasteiger partial charge on any atom is 0.407 e. The van der Waals surface area contributed by atoms with Crippen molar-refractivity contribution >= 4 is 24.0 Å². The lowest BCUT2D eigenvalue weighted by Gasteiger charge is -2.30. The molecule has 0 radical (unpaired) electrons. The maximum absolute atomic E-state index is 13.9. The molecule has 16 heteroatoms. The Morgan fingerprint density at radius 1 is 0.831 bits per heavy atom. The third-order valence-corrected chi connectivity index (χ3v) is 11.6. The number of imidazole rings is 2. The summed E-state index contributed by atoms with van der Waals surface area (Å²) in [7, 11) is 4.22. The monoisotopic (exact) mass is 810 g/mol. The van der Waals surface area contributed by atoms with Gasteiger partial charge in [0.05, 0.1) is 56.2 Å². The molecule has 16 nitrogen and oxygen atoms in total. The van der Waals surface area contributed by atoms with Crippen LogP contribution in [0.15, 0.2) is 48.7 Å². The van der Waals surface area contributed by atoms with Crippen molar-refractivity contribution in [1.82, 2.24) is 40.4 Å². The van der Waals surface area contributed by atoms with Gasteiger partial charge in [-0.05, 0) is 59.9 Å². The van der Waals surface area contributed by atoms with E-state index in [0.29, 0.717) is 44.4 Å². The molecule has 59 heavy (non-hydrogen) atoms. The number of likely N-dealkylation sites (tertiary alicyclic amines) is 2. The number of amides is 4. The van der Waals surface area contributed by atoms with Gasteiger partial charge < -0.3 is 49.3 Å². The van der Waals surface area contributed by atoms with Gasteiger partial charge in [-0.1, -0.05) is 58.0 Å². The lowest BCUT2D eigenvalue weighted by atomic mass is 9.99. The molecule has 2 aromatic carbocycles. The van der Waals surface area contributed by atoms with E-state index < -0.39 is 24.3 Å². The molecule has 2 fully saturated rings. The number of aromatic nitrogens is 4. The number of hydrogen-bond donors (Lipinski definition) is 4. The second kappa shape index (κ2) is 17.5. The zero-order chi connectivity index (χ0) is 42.0. The molecular formula is C43H54N8O8. The fourth-order valence-electron chi connectivity index (χ4n) is 8.43. The van der Waals surface area contributed by atoms with Gasteiger partial charge in [0.1, 0.15) is 36.1 Å². The number of nitrogens with one attached hydrogen (secondary N) is 4. The van der Waals surface area contributed by atoms with Crippen LogP contribution in [0.3, 0.4) is 0 Å². The van der Waals surface area contributed by atoms with Crippen molar-refractivity contribution in [2.75, 3.05) is 41.0 Å². The van der Waals surface area contributed by atoms with E-state index in [-0.39, 0.29) is 41.7 Å². The van der Waals surface area contributed by atoms with E-state index in [1.807, 2.05) is 62.9 Å². The number of benzene rings is 2. The highest BCUT2D eigenvalue weighted by Gasteiger charge is 2.42. The van der Waals surface area contributed by atoms with Crippen LogP contribution in [0, 0.1) is 17.8 Å². The van der Waals surface area contributed by atoms with E-state index in [9.17, 15) is 19.2 Å². The molecule has 7 rings (SSSR count). The van der Waals surface area contributed by atoms with Crippen LogP contribution in [-0.4, -0.2) is 107 Å². The summed E-state index contributed by atoms with van der Waals surface area (Å²) in [4.78, 5) is 71.9. The first kappa shape index (κ1) is 41.3. The Morgan fingerprint density at radius 2 is 1.47 bits per heavy atom. The molecule has 2 aromatic heterocycles. The minimum absolute atomic E-state index is 0.115. The summed E-state index contributed by atoms with van der Waals surface area (Å²) in [6.45, 7) is 9.45. The number of fused-ring (bicyclic) bond motifs is 3. The minimum atomic E-state index is -0.747. The van der Waals surface area contributed by atoms with E-state index >= 15 is 0 Å². The summed E-state index contributed by atoms with van der Waals surface area (Å²) in [6.07, 6.45) is 2.76. The summed E-state index contributed by atoms with van der Waals surface area (Å²) < 4.78 is 21.3. The Morgan fingerprint density at radius 3 is 2.12 bits per heavy atom. The van der Waals surface area contributed by atoms with Crippen LogP contribution < -0.4 is 15.4 Å². The quantitative estimate of drug-likeness (QED) is 0.132. The topological polar surface area (TPSA) is 193 Å². The standard InChI is InChI=1S/C43H54N8O8/c1-23(2)35(48-42(54)57-6)40(52)50-16-8-9-32(50)39-46-31-22-59-34-18-28(14-15-29(34)37(31)47-39)26-10-12-27(13-11-26)30-19-44-38(45-30)33-17-25(21-56-5)20-51(33)41(53)36(24(3)4)49-43(55)58-7/h10-15,18-19,23-25,32-33,35-36H,8-9,16-17,20-22H2,1-7H3,(H,44,45)(H,46,47)(H,48,54)(H,49,55)/t25-,32-,33-,35?,36-/m0/s1. The van der Waals surface area contributed by atoms with Crippen molar-refractivity contribution < 1.29 is 38.1 Å². The Labute approximate surface area is 343 Å². The van der Waals surface area contributed by atoms with Gasteiger partial charge >= 0.3 is 12.2 Å². The number of methoxy groups -OCH3 is 3. The highest BCUT2D eigenvalue weighted by Crippen LogP contribution is 2.42. The number of hydrogen-bond acceptors (Lipinski definition) is 10. The fraction of sp³-hybridized carbons (Fsp3) is 0.488. The third kappa shape index (κ3) is 8.49. The van der Waals surface area contributed by atoms with Crippen LogP contribution in [0.4, 0.5) is 9.59 Å². The number of H-pyrrole nitrogens is 2. The molecule has 314 valence electrons. The average Bonchev–Trinajstić information content (AvgIpc) is 4.07. The van der Waals surface area contributed by atoms with Crippen LogP contribution >= 0.6 is 0 Å². The normalized spacial score (nSPS) is 19.5. The highest BCUT2D eigenvalue weighted by atomic mass is 16.5. The zero-order valence-corrected chi connectivity index (χ0v) is 34.7. The van der Waals surface area contributed by atoms with Gasteiger partial charge in [-0.3, -0.25) is 9.59 Å². The van der Waals surface area contributed by atoms with E-state index in [1.165, 1.54) is 14.2 Å². The molecule has 5 heterocycles. The molecule has 0 spiro atoms. The fourth-order valence-corrected chi connectivity index (χ4v) is 8.43. The van der Waals surface area contributed by atoms with Crippen LogP contribution in [0.1, 0.15) is 76.4 Å². The molecule has 5 atom stereocenters. The average molecular weight is 811 g/mol. The summed E-state index contributed by atoms with van der Waals surface area (Å²) >= 11 is 0. The summed E-state index contributed by atoms with van der Waals surface area (Å²) in [5.41, 5.74) is 6.27. The second-order valence-corrected chi connectivity index (χ2v) is 16.2. The van der Waals surface area contributed by atoms with Gasteiger partial charge in [0, 0.05) is 31.7 Å². The number of carbonyl (C=O) groups excluding carboxylic acids is 4. The van der Waals surface area contributed by atoms with Crippen molar-refractivity contribution in [3.63, 3.8) is 0 Å². The largest absolute Gasteiger partial charge is 0.487 e. The third-order valence-electron chi connectivity index (χ3n) is 11.6. The first-order valence-corrected chi connectivity index (χ1v) is 20.2. The van der Waals surface area contributed by atoms with Gasteiger partial charge in [-0.15, -0.1) is 0 Å². The maximum atomic E-state index is 13.9. The van der Waals surface area contributed by atoms with Gasteiger partial charge in [-0.2, -0.15) is 0 Å². The Balaban J connectivity index is 1.06. The van der Waals surface area contributed by atoms with E-state index in [2.05, 4.69) is 32.7 Å². The summed E-state index contributed by atoms with van der Waals surface area (Å²) in [6, 6.07) is 12.2. The molecule has 4 amide bonds. The van der Waals surface area contributed by atoms with Crippen LogP contribution in [0.25, 0.3) is 33.6 Å². The first-order valence-electron chi connectivity index (χ1n) is 20.2. The number of rotatable bonds is 12. The van der Waals surface area contributed by atoms with Gasteiger partial charge in [0.2, 0.25) is 11.8 Å². The molecule has 0 bridgehead atoms. The lowest BCUT2D eigenvalue weighted by molar-refractivity contribution is -0.136. The lowest BCUT2D eigenvalue weighted by Crippen LogP contribution is -2.51. The van der Waals surface area contributed by atoms with E-state index in [1.54, 1.807) is 18.2 Å². The predicted molar refractivity (Wildman–Crippen MR) is 218 cm³/mol. The van der Waals surface area contributed by atoms with Crippen molar-refractivity contribution in [3.8, 4) is 39.4 Å². The van der Waals surface area contributed by atoms with Crippen molar-refractivity contribution in [2.45, 2.75) is 77.7 Å². The molecule has 3 aliphatic rings. The number of nitrogens with zero attached hydrogens (tertiary/aromatic N) is 4. The first-order chi connectivity index (χ1) is 28.4. The molecule has 4 aromatic rings. The van der Waals surface area contributed by atoms with Crippen molar-refractivity contribution in [2.24, 2.45) is 17.8 Å². The number of aromatic amines is 2. The van der Waals surface area contributed by atoms with Gasteiger partial charge in [0.15, 0.2) is 0 Å². The Bertz CT molecular complexity index is 2160. The molecule has 0 saturated carbocycles. The molecule has 1 unspecified atom stereocenters. The second-order valence-electron chi connectivity index (χ2n) is 16.2. The molecule has 4 N–H and O–H groups in total. The predicted octanol–water partition coefficient (Wildman–Crippen LogP) is 5.99. The van der Waals surface area contributed by atoms with Crippen LogP contribution in [-0.2, 0) is 30.4 Å². The number of carbonyl (C=O) groups is 4. The van der Waals surface area contributed by atoms with Gasteiger partial charge in [0.25, 0.3) is 0 Å². The minimum Gasteiger partial charge on any atom is -0.487 e. The van der Waals surface area contributed by atoms with Crippen LogP contribution in [0.5, 0.6) is 5.75 Å². The number of ether oxygens (including phenoxy) is 4. The summed E-state index contributed by atoms with van der Waals surface area (Å²) in [5.74, 6) is 1.60. The molecule has 2 saturated heterocycles. The van der Waals surface area contributed by atoms with Gasteiger partial charge in [-0.25, -0.2) is 19.6 Å². The zero-order valence-electron chi connectivity index (χ0n) is 34.7. The molecule has 3 aliphatic heterocycles. The van der Waals surface area contributed by atoms with Crippen LogP contribution in [0.2, 0.25) is 0 Å². The van der Waals surface area contributed by atoms with E-state index in [0.717, 1.165) is 57.9 Å². The summed E-state index contributed by atoms with van der Waals surface area (Å²) in [5, 5.41) is 5.41. The smallest absolute Gasteiger partial charge is 0.407 e. The SMILES string of the molecule is COC[C@H]1C[C@@H](c2ncc(-c3ccc(-c4ccc5c(c4)OCc4[nH]c([C@@H]6CCCN6C(=O)C(NC(=O)OC)C(C)C)nc4-5)cc3)[nH]2)N(C(=O)[C@@H](NC(=O)OC)C(C)C)C1. The Kier molecular flexibility index (Phi) is 12.3. The Hall–Kier alpha value is -5.90. The van der Waals surface area contributed by atoms with Crippen molar-refractivity contribution in [3.05, 3.63) is 66.0 Å².